The fourth-order valence-corrected chi connectivity index (χ4v) is 2.00. The lowest BCUT2D eigenvalue weighted by Gasteiger charge is -2.24. The molecule has 1 rings (SSSR count). The molecule has 0 fully saturated rings. The molecule has 0 aromatic heterocycles. The number of nitrogen functional groups attached to an aromatic ring is 1. The van der Waals surface area contributed by atoms with Crippen molar-refractivity contribution in [1.82, 2.24) is 5.23 Å². The van der Waals surface area contributed by atoms with Crippen LogP contribution in [-0.4, -0.2) is 42.4 Å². The summed E-state index contributed by atoms with van der Waals surface area (Å²) in [4.78, 5) is 11.5. The number of carbonyl (C=O) groups is 1. The zero-order valence-electron chi connectivity index (χ0n) is 12.0. The molecule has 7 heteroatoms. The summed E-state index contributed by atoms with van der Waals surface area (Å²) in [6, 6.07) is 4.78. The molecule has 1 aromatic rings. The van der Waals surface area contributed by atoms with Crippen molar-refractivity contribution in [2.75, 3.05) is 12.8 Å². The molecule has 20 heavy (non-hydrogen) atoms. The van der Waals surface area contributed by atoms with E-state index in [9.17, 15) is 14.9 Å². The Balaban J connectivity index is 2.94. The topological polar surface area (TPSA) is 105 Å². The molecule has 0 aliphatic carbocycles. The van der Waals surface area contributed by atoms with E-state index < -0.39 is 25.2 Å². The highest BCUT2D eigenvalue weighted by Gasteiger charge is 2.29. The number of nitrogens with one attached hydrogen (secondary N) is 1. The molecule has 0 spiro atoms. The fourth-order valence-electron chi connectivity index (χ4n) is 2.00. The van der Waals surface area contributed by atoms with Gasteiger partial charge in [-0.25, -0.2) is 4.79 Å². The van der Waals surface area contributed by atoms with E-state index in [1.165, 1.54) is 13.9 Å². The molecule has 0 saturated heterocycles. The van der Waals surface area contributed by atoms with Gasteiger partial charge in [-0.05, 0) is 43.4 Å². The van der Waals surface area contributed by atoms with Crippen molar-refractivity contribution in [1.29, 1.82) is 0 Å². The summed E-state index contributed by atoms with van der Waals surface area (Å²) in [6.07, 6.45) is -1.02. The molecule has 0 heterocycles. The highest BCUT2D eigenvalue weighted by atomic mass is 16.5. The first kappa shape index (κ1) is 16.5. The molecular weight excluding hydrogens is 259 g/mol. The van der Waals surface area contributed by atoms with Gasteiger partial charge in [-0.2, -0.15) is 0 Å². The van der Waals surface area contributed by atoms with E-state index in [-0.39, 0.29) is 0 Å². The van der Waals surface area contributed by atoms with Gasteiger partial charge < -0.3 is 25.8 Å². The van der Waals surface area contributed by atoms with Crippen molar-refractivity contribution in [3.63, 3.8) is 0 Å². The number of methoxy groups -OCH3 is 1. The summed E-state index contributed by atoms with van der Waals surface area (Å²) in [6.45, 7) is 3.43. The number of rotatable bonds is 6. The Morgan fingerprint density at radius 3 is 2.75 bits per heavy atom. The van der Waals surface area contributed by atoms with Gasteiger partial charge in [-0.3, -0.25) is 0 Å². The van der Waals surface area contributed by atoms with Gasteiger partial charge in [0.25, 0.3) is 0 Å². The van der Waals surface area contributed by atoms with E-state index in [4.69, 9.17) is 5.73 Å². The fraction of sp³-hybridized carbons (Fsp3) is 0.462. The highest BCUT2D eigenvalue weighted by Crippen LogP contribution is 2.16. The second kappa shape index (κ2) is 7.28. The number of anilines is 1. The van der Waals surface area contributed by atoms with Gasteiger partial charge in [0, 0.05) is 11.7 Å². The lowest BCUT2D eigenvalue weighted by Crippen LogP contribution is -2.51. The number of carbonyl (C=O) groups excluding carboxylic acids is 1. The monoisotopic (exact) mass is 280 g/mol. The van der Waals surface area contributed by atoms with Gasteiger partial charge >= 0.3 is 13.0 Å². The number of hydrogen-bond acceptors (Lipinski definition) is 6. The Hall–Kier alpha value is -1.57. The minimum Gasteiger partial charge on any atom is -0.467 e. The number of aryl methyl sites for hydroxylation is 1. The van der Waals surface area contributed by atoms with E-state index in [2.05, 4.69) is 9.96 Å². The molecular formula is C13H21BN2O4. The lowest BCUT2D eigenvalue weighted by atomic mass is 9.84. The average molecular weight is 280 g/mol. The second-order valence-electron chi connectivity index (χ2n) is 4.81. The third-order valence-electron chi connectivity index (χ3n) is 3.09. The van der Waals surface area contributed by atoms with Crippen LogP contribution in [0.4, 0.5) is 5.69 Å². The van der Waals surface area contributed by atoms with E-state index >= 15 is 0 Å². The number of esters is 1. The Kier molecular flexibility index (Phi) is 6.00. The Labute approximate surface area is 119 Å². The zero-order valence-corrected chi connectivity index (χ0v) is 12.0. The first-order valence-corrected chi connectivity index (χ1v) is 6.40. The summed E-state index contributed by atoms with van der Waals surface area (Å²) >= 11 is 0. The summed E-state index contributed by atoms with van der Waals surface area (Å²) in [5.41, 5.74) is 8.24. The number of nitrogens with two attached hydrogens (primary N) is 1. The summed E-state index contributed by atoms with van der Waals surface area (Å²) in [7, 11) is 0.345. The normalized spacial score (nSPS) is 13.7. The third kappa shape index (κ3) is 4.52. The molecule has 0 aliphatic heterocycles. The smallest absolute Gasteiger partial charge is 0.373 e. The van der Waals surface area contributed by atoms with Crippen molar-refractivity contribution >= 4 is 18.7 Å². The maximum atomic E-state index is 11.5. The largest absolute Gasteiger partial charge is 0.467 e. The molecule has 110 valence electrons. The Morgan fingerprint density at radius 1 is 1.55 bits per heavy atom. The van der Waals surface area contributed by atoms with Gasteiger partial charge in [-0.15, -0.1) is 0 Å². The lowest BCUT2D eigenvalue weighted by molar-refractivity contribution is -0.151. The first-order valence-electron chi connectivity index (χ1n) is 6.40. The summed E-state index contributed by atoms with van der Waals surface area (Å²) < 4.78 is 4.53. The van der Waals surface area contributed by atoms with Crippen molar-refractivity contribution in [3.8, 4) is 0 Å². The average Bonchev–Trinajstić information content (AvgIpc) is 2.39. The molecule has 1 aromatic carbocycles. The molecule has 0 saturated carbocycles. The molecule has 0 amide bonds. The number of benzene rings is 1. The van der Waals surface area contributed by atoms with E-state index in [0.29, 0.717) is 12.1 Å². The van der Waals surface area contributed by atoms with Gasteiger partial charge in [-0.1, -0.05) is 6.07 Å². The van der Waals surface area contributed by atoms with E-state index in [0.717, 1.165) is 11.1 Å². The van der Waals surface area contributed by atoms with Crippen LogP contribution < -0.4 is 11.0 Å². The zero-order chi connectivity index (χ0) is 15.3. The maximum absolute atomic E-state index is 11.5. The molecule has 2 atom stereocenters. The number of hydrogen-bond donors (Lipinski definition) is 4. The van der Waals surface area contributed by atoms with Crippen LogP contribution in [0.1, 0.15) is 11.1 Å². The standard InChI is InChI=1S/C13H21BN2O4/c1-8-4-5-10(15)6-9(8)7-11(16-14(2)19)12(17)13(18)20-3/h4-6,11-12,16-17,19H,7,15H2,1-3H3/t11-,12?/m0/s1. The number of ether oxygens (including phenoxy) is 1. The van der Waals surface area contributed by atoms with Gasteiger partial charge in [0.2, 0.25) is 0 Å². The van der Waals surface area contributed by atoms with Crippen LogP contribution in [-0.2, 0) is 16.0 Å². The second-order valence-corrected chi connectivity index (χ2v) is 4.81. The first-order chi connectivity index (χ1) is 9.35. The third-order valence-corrected chi connectivity index (χ3v) is 3.09. The minimum atomic E-state index is -1.37. The molecule has 6 nitrogen and oxygen atoms in total. The molecule has 0 aliphatic rings. The van der Waals surface area contributed by atoms with Crippen LogP contribution in [0.25, 0.3) is 0 Å². The van der Waals surface area contributed by atoms with Crippen molar-refractivity contribution < 1.29 is 19.7 Å². The van der Waals surface area contributed by atoms with Crippen LogP contribution in [0.3, 0.4) is 0 Å². The molecule has 0 radical (unpaired) electrons. The SMILES string of the molecule is COC(=O)C(O)[C@H](Cc1cc(N)ccc1C)NB(C)O. The van der Waals surface area contributed by atoms with Crippen LogP contribution in [0.5, 0.6) is 0 Å². The van der Waals surface area contributed by atoms with E-state index in [1.807, 2.05) is 13.0 Å². The van der Waals surface area contributed by atoms with Crippen LogP contribution in [0.2, 0.25) is 6.82 Å². The number of aliphatic hydroxyl groups is 1. The van der Waals surface area contributed by atoms with Crippen molar-refractivity contribution in [2.24, 2.45) is 0 Å². The summed E-state index contributed by atoms with van der Waals surface area (Å²) in [5.74, 6) is -0.746. The predicted octanol–water partition coefficient (Wildman–Crippen LogP) is -0.278. The Morgan fingerprint density at radius 2 is 2.20 bits per heavy atom. The van der Waals surface area contributed by atoms with E-state index in [1.54, 1.807) is 12.1 Å². The van der Waals surface area contributed by atoms with Crippen LogP contribution in [0.15, 0.2) is 18.2 Å². The quantitative estimate of drug-likeness (QED) is 0.324. The molecule has 0 bridgehead atoms. The minimum absolute atomic E-state index is 0.345. The highest BCUT2D eigenvalue weighted by molar-refractivity contribution is 6.45. The van der Waals surface area contributed by atoms with Gasteiger partial charge in [0.05, 0.1) is 7.11 Å². The van der Waals surface area contributed by atoms with Crippen LogP contribution >= 0.6 is 0 Å². The molecule has 1 unspecified atom stereocenters. The van der Waals surface area contributed by atoms with Gasteiger partial charge in [0.15, 0.2) is 6.10 Å². The van der Waals surface area contributed by atoms with Crippen molar-refractivity contribution in [3.05, 3.63) is 29.3 Å². The van der Waals surface area contributed by atoms with Gasteiger partial charge in [0.1, 0.15) is 0 Å². The van der Waals surface area contributed by atoms with Crippen molar-refractivity contribution in [2.45, 2.75) is 32.3 Å². The maximum Gasteiger partial charge on any atom is 0.373 e. The van der Waals surface area contributed by atoms with Crippen LogP contribution in [0, 0.1) is 6.92 Å². The summed E-state index contributed by atoms with van der Waals surface area (Å²) in [5, 5.41) is 22.2. The number of aliphatic hydroxyl groups excluding tert-OH is 1. The molecule has 5 N–H and O–H groups in total. The predicted molar refractivity (Wildman–Crippen MR) is 78.1 cm³/mol. The Bertz CT molecular complexity index is 468.